The highest BCUT2D eigenvalue weighted by atomic mass is 19.2. The van der Waals surface area contributed by atoms with Crippen molar-refractivity contribution >= 4 is 5.69 Å². The first-order valence-corrected chi connectivity index (χ1v) is 6.20. The van der Waals surface area contributed by atoms with Crippen LogP contribution in [-0.4, -0.2) is 6.54 Å². The van der Waals surface area contributed by atoms with Crippen molar-refractivity contribution in [1.29, 1.82) is 0 Å². The van der Waals surface area contributed by atoms with Crippen LogP contribution in [0.15, 0.2) is 36.4 Å². The fourth-order valence-corrected chi connectivity index (χ4v) is 1.88. The van der Waals surface area contributed by atoms with Crippen molar-refractivity contribution in [3.63, 3.8) is 0 Å². The van der Waals surface area contributed by atoms with Gasteiger partial charge in [-0.25, -0.2) is 17.6 Å². The van der Waals surface area contributed by atoms with E-state index in [1.807, 2.05) is 30.3 Å². The number of rotatable bonds is 5. The second-order valence-corrected chi connectivity index (χ2v) is 4.36. The first-order valence-electron chi connectivity index (χ1n) is 6.20. The second kappa shape index (κ2) is 6.41. The number of halogens is 4. The zero-order valence-corrected chi connectivity index (χ0v) is 10.6. The lowest BCUT2D eigenvalue weighted by Gasteiger charge is -2.10. The normalized spacial score (nSPS) is 10.6. The van der Waals surface area contributed by atoms with E-state index in [1.165, 1.54) is 0 Å². The van der Waals surface area contributed by atoms with Gasteiger partial charge in [0.25, 0.3) is 0 Å². The molecule has 2 rings (SSSR count). The summed E-state index contributed by atoms with van der Waals surface area (Å²) in [5.41, 5.74) is 0.330. The van der Waals surface area contributed by atoms with E-state index in [0.717, 1.165) is 5.56 Å². The highest BCUT2D eigenvalue weighted by molar-refractivity contribution is 5.47. The van der Waals surface area contributed by atoms with Gasteiger partial charge in [0.05, 0.1) is 0 Å². The van der Waals surface area contributed by atoms with E-state index in [2.05, 4.69) is 5.32 Å². The van der Waals surface area contributed by atoms with Gasteiger partial charge >= 0.3 is 0 Å². The minimum Gasteiger partial charge on any atom is -0.380 e. The maximum Gasteiger partial charge on any atom is 0.185 e. The molecule has 0 aliphatic rings. The summed E-state index contributed by atoms with van der Waals surface area (Å²) in [6.45, 7) is 0.214. The Hall–Kier alpha value is -2.04. The fourth-order valence-electron chi connectivity index (χ4n) is 1.88. The summed E-state index contributed by atoms with van der Waals surface area (Å²) in [5.74, 6) is -5.61. The Bertz CT molecular complexity index is 558. The van der Waals surface area contributed by atoms with Gasteiger partial charge < -0.3 is 5.32 Å². The van der Waals surface area contributed by atoms with Gasteiger partial charge in [-0.2, -0.15) is 0 Å². The molecule has 0 atom stereocenters. The van der Waals surface area contributed by atoms with Crippen LogP contribution in [0.2, 0.25) is 0 Å². The molecule has 0 unspecified atom stereocenters. The Kier molecular flexibility index (Phi) is 4.61. The quantitative estimate of drug-likeness (QED) is 0.490. The average molecular weight is 283 g/mol. The van der Waals surface area contributed by atoms with Crippen LogP contribution in [0.5, 0.6) is 0 Å². The first kappa shape index (κ1) is 14.4. The molecule has 2 aromatic carbocycles. The van der Waals surface area contributed by atoms with Crippen LogP contribution in [0.4, 0.5) is 23.2 Å². The van der Waals surface area contributed by atoms with Gasteiger partial charge in [0.15, 0.2) is 23.3 Å². The van der Waals surface area contributed by atoms with Crippen molar-refractivity contribution in [3.05, 3.63) is 65.2 Å². The lowest BCUT2D eigenvalue weighted by molar-refractivity contribution is 0.458. The molecule has 0 aliphatic heterocycles. The summed E-state index contributed by atoms with van der Waals surface area (Å²) in [7, 11) is 0. The van der Waals surface area contributed by atoms with Crippen LogP contribution in [0, 0.1) is 23.3 Å². The van der Waals surface area contributed by atoms with Gasteiger partial charge in [-0.15, -0.1) is 0 Å². The first-order chi connectivity index (χ1) is 9.59. The summed E-state index contributed by atoms with van der Waals surface area (Å²) in [4.78, 5) is 0. The van der Waals surface area contributed by atoms with Gasteiger partial charge in [-0.3, -0.25) is 0 Å². The number of anilines is 1. The lowest BCUT2D eigenvalue weighted by atomic mass is 10.1. The van der Waals surface area contributed by atoms with Crippen LogP contribution >= 0.6 is 0 Å². The topological polar surface area (TPSA) is 12.0 Å². The van der Waals surface area contributed by atoms with E-state index in [0.29, 0.717) is 12.8 Å². The molecule has 0 fully saturated rings. The molecule has 1 nitrogen and oxygen atoms in total. The summed E-state index contributed by atoms with van der Waals surface area (Å²) in [5, 5.41) is 2.40. The summed E-state index contributed by atoms with van der Waals surface area (Å²) in [6, 6.07) is 9.74. The van der Waals surface area contributed by atoms with Crippen LogP contribution in [0.25, 0.3) is 0 Å². The average Bonchev–Trinajstić information content (AvgIpc) is 2.45. The maximum atomic E-state index is 13.3. The molecule has 0 amide bonds. The Balaban J connectivity index is 1.95. The number of nitrogens with one attached hydrogen (secondary N) is 1. The van der Waals surface area contributed by atoms with Crippen molar-refractivity contribution in [2.24, 2.45) is 0 Å². The van der Waals surface area contributed by atoms with Crippen molar-refractivity contribution in [1.82, 2.24) is 0 Å². The van der Waals surface area contributed by atoms with Crippen LogP contribution in [0.1, 0.15) is 12.0 Å². The van der Waals surface area contributed by atoms with E-state index in [1.54, 1.807) is 0 Å². The Morgan fingerprint density at radius 2 is 1.45 bits per heavy atom. The number of hydrogen-bond acceptors (Lipinski definition) is 1. The molecule has 0 bridgehead atoms. The van der Waals surface area contributed by atoms with Crippen molar-refractivity contribution in [2.45, 2.75) is 12.8 Å². The highest BCUT2D eigenvalue weighted by Gasteiger charge is 2.18. The van der Waals surface area contributed by atoms with Gasteiger partial charge in [0.2, 0.25) is 0 Å². The van der Waals surface area contributed by atoms with Gasteiger partial charge in [-0.05, 0) is 18.4 Å². The molecule has 106 valence electrons. The van der Waals surface area contributed by atoms with E-state index >= 15 is 0 Å². The molecular weight excluding hydrogens is 270 g/mol. The van der Waals surface area contributed by atoms with E-state index in [4.69, 9.17) is 0 Å². The summed E-state index contributed by atoms with van der Waals surface area (Å²) in [6.07, 6.45) is 1.29. The summed E-state index contributed by atoms with van der Waals surface area (Å²) < 4.78 is 52.6. The maximum absolute atomic E-state index is 13.3. The molecule has 1 N–H and O–H groups in total. The van der Waals surface area contributed by atoms with E-state index in [9.17, 15) is 17.6 Å². The third-order valence-corrected chi connectivity index (χ3v) is 2.90. The van der Waals surface area contributed by atoms with E-state index < -0.39 is 29.0 Å². The van der Waals surface area contributed by atoms with Crippen molar-refractivity contribution < 1.29 is 17.6 Å². The minimum atomic E-state index is -1.41. The number of aryl methyl sites for hydroxylation is 1. The molecule has 0 radical (unpaired) electrons. The minimum absolute atomic E-state index is 0.194. The third kappa shape index (κ3) is 3.29. The molecule has 0 heterocycles. The molecular formula is C15H13F4N. The van der Waals surface area contributed by atoms with Gasteiger partial charge in [-0.1, -0.05) is 30.3 Å². The lowest BCUT2D eigenvalue weighted by Crippen LogP contribution is -2.09. The van der Waals surface area contributed by atoms with Crippen molar-refractivity contribution in [3.8, 4) is 0 Å². The third-order valence-electron chi connectivity index (χ3n) is 2.90. The number of benzene rings is 2. The smallest absolute Gasteiger partial charge is 0.185 e. The van der Waals surface area contributed by atoms with Gasteiger partial charge in [0, 0.05) is 12.6 Å². The van der Waals surface area contributed by atoms with Crippen LogP contribution in [-0.2, 0) is 6.42 Å². The van der Waals surface area contributed by atoms with Crippen LogP contribution < -0.4 is 5.32 Å². The molecule has 5 heteroatoms. The van der Waals surface area contributed by atoms with Crippen molar-refractivity contribution in [2.75, 3.05) is 11.9 Å². The predicted molar refractivity (Wildman–Crippen MR) is 69.5 cm³/mol. The van der Waals surface area contributed by atoms with E-state index in [-0.39, 0.29) is 12.6 Å². The standard InChI is InChI=1S/C15H13F4N/c16-11-9-12(17)14(19)15(13(11)18)20-8-4-7-10-5-2-1-3-6-10/h1-3,5-6,9,20H,4,7-8H2. The molecule has 2 aromatic rings. The Labute approximate surface area is 114 Å². The fraction of sp³-hybridized carbons (Fsp3) is 0.200. The zero-order chi connectivity index (χ0) is 14.5. The molecule has 0 saturated heterocycles. The Morgan fingerprint density at radius 3 is 2.05 bits per heavy atom. The van der Waals surface area contributed by atoms with Gasteiger partial charge in [0.1, 0.15) is 5.69 Å². The molecule has 0 spiro atoms. The highest BCUT2D eigenvalue weighted by Crippen LogP contribution is 2.24. The molecule has 20 heavy (non-hydrogen) atoms. The predicted octanol–water partition coefficient (Wildman–Crippen LogP) is 4.29. The van der Waals surface area contributed by atoms with Crippen LogP contribution in [0.3, 0.4) is 0 Å². The largest absolute Gasteiger partial charge is 0.380 e. The monoisotopic (exact) mass is 283 g/mol. The SMILES string of the molecule is Fc1cc(F)c(F)c(NCCCc2ccccc2)c1F. The second-order valence-electron chi connectivity index (χ2n) is 4.36. The number of hydrogen-bond donors (Lipinski definition) is 1. The molecule has 0 aromatic heterocycles. The Morgan fingerprint density at radius 1 is 0.850 bits per heavy atom. The molecule has 0 aliphatic carbocycles. The molecule has 0 saturated carbocycles. The zero-order valence-electron chi connectivity index (χ0n) is 10.6. The summed E-state index contributed by atoms with van der Waals surface area (Å²) >= 11 is 0.